The van der Waals surface area contributed by atoms with Crippen molar-refractivity contribution in [2.45, 2.75) is 135 Å². The first kappa shape index (κ1) is 44.5. The lowest BCUT2D eigenvalue weighted by Gasteiger charge is -2.18. The van der Waals surface area contributed by atoms with Crippen molar-refractivity contribution in [2.75, 3.05) is 13.2 Å². The standard InChI is InChI=1S/C37H61O9P/c1-3-5-7-9-11-13-15-16-18-19-21-23-25-28-34(38)29-27-31-36(39)44-32-35(33-45-47(41,42)43)46-37(40)30-26-24-22-20-17-14-12-10-8-6-4-2/h5,7,10-13,16,18,21,23,25,28,34-35,38H,3-4,6,8-9,14-15,17,19-20,22,24,26-27,29-33H2,1-2H3,(H2,41,42,43)/b7-5-,12-10-,13-11-,18-16-,23-21-,28-25+/t34?,35-/m1/s1. The van der Waals surface area contributed by atoms with Crippen LogP contribution in [-0.2, 0) is 28.2 Å². The molecule has 0 aromatic heterocycles. The molecule has 47 heavy (non-hydrogen) atoms. The molecule has 0 spiro atoms. The fourth-order valence-corrected chi connectivity index (χ4v) is 4.56. The number of aliphatic hydroxyl groups is 1. The molecule has 0 bridgehead atoms. The van der Waals surface area contributed by atoms with Crippen molar-refractivity contribution in [3.05, 3.63) is 72.9 Å². The van der Waals surface area contributed by atoms with Gasteiger partial charge in [0.2, 0.25) is 0 Å². The monoisotopic (exact) mass is 680 g/mol. The third kappa shape index (κ3) is 34.6. The van der Waals surface area contributed by atoms with Crippen LogP contribution >= 0.6 is 7.82 Å². The second-order valence-electron chi connectivity index (χ2n) is 11.3. The molecule has 0 aliphatic carbocycles. The van der Waals surface area contributed by atoms with Gasteiger partial charge in [-0.2, -0.15) is 0 Å². The van der Waals surface area contributed by atoms with Gasteiger partial charge in [0, 0.05) is 12.8 Å². The Bertz CT molecular complexity index is 1010. The van der Waals surface area contributed by atoms with Gasteiger partial charge in [0.1, 0.15) is 6.61 Å². The number of aliphatic hydroxyl groups excluding tert-OH is 1. The first-order chi connectivity index (χ1) is 22.7. The first-order valence-electron chi connectivity index (χ1n) is 17.3. The molecule has 0 radical (unpaired) electrons. The van der Waals surface area contributed by atoms with Gasteiger partial charge in [-0.15, -0.1) is 0 Å². The van der Waals surface area contributed by atoms with Gasteiger partial charge in [-0.3, -0.25) is 14.1 Å². The molecule has 0 rings (SSSR count). The van der Waals surface area contributed by atoms with Crippen molar-refractivity contribution >= 4 is 19.8 Å². The number of allylic oxidation sites excluding steroid dienone is 11. The SMILES string of the molecule is CC/C=C\C/C=C\C/C=C\C/C=C\C=C\C(O)CCCC(=O)OC[C@H](COP(=O)(O)O)OC(=O)CCCCCCC/C=C\CCCC. The van der Waals surface area contributed by atoms with Crippen LogP contribution < -0.4 is 0 Å². The van der Waals surface area contributed by atoms with Gasteiger partial charge in [0.05, 0.1) is 12.7 Å². The van der Waals surface area contributed by atoms with E-state index in [1.165, 1.54) is 12.8 Å². The number of unbranched alkanes of at least 4 members (excludes halogenated alkanes) is 7. The van der Waals surface area contributed by atoms with E-state index in [1.54, 1.807) is 12.2 Å². The normalized spacial score (nSPS) is 14.1. The second kappa shape index (κ2) is 32.0. The van der Waals surface area contributed by atoms with E-state index in [1.807, 2.05) is 12.2 Å². The molecule has 0 fully saturated rings. The first-order valence-corrected chi connectivity index (χ1v) is 18.9. The highest BCUT2D eigenvalue weighted by atomic mass is 31.2. The maximum absolute atomic E-state index is 12.3. The third-order valence-corrected chi connectivity index (χ3v) is 7.30. The van der Waals surface area contributed by atoms with Crippen LogP contribution in [0.15, 0.2) is 72.9 Å². The van der Waals surface area contributed by atoms with Crippen molar-refractivity contribution < 1.29 is 43.0 Å². The zero-order valence-electron chi connectivity index (χ0n) is 28.8. The Kier molecular flexibility index (Phi) is 30.3. The number of phosphoric ester groups is 1. The van der Waals surface area contributed by atoms with E-state index in [0.717, 1.165) is 64.2 Å². The molecule has 9 nitrogen and oxygen atoms in total. The Hall–Kier alpha value is -2.55. The second-order valence-corrected chi connectivity index (χ2v) is 12.5. The average Bonchev–Trinajstić information content (AvgIpc) is 3.03. The molecule has 0 aliphatic heterocycles. The lowest BCUT2D eigenvalue weighted by molar-refractivity contribution is -0.161. The Balaban J connectivity index is 4.25. The highest BCUT2D eigenvalue weighted by Crippen LogP contribution is 2.35. The minimum atomic E-state index is -4.80. The summed E-state index contributed by atoms with van der Waals surface area (Å²) < 4.78 is 26.1. The molecule has 0 saturated heterocycles. The maximum Gasteiger partial charge on any atom is 0.469 e. The van der Waals surface area contributed by atoms with Crippen LogP contribution in [0.2, 0.25) is 0 Å². The summed E-state index contributed by atoms with van der Waals surface area (Å²) in [5, 5.41) is 10.1. The molecule has 0 heterocycles. The third-order valence-electron chi connectivity index (χ3n) is 6.81. The van der Waals surface area contributed by atoms with E-state index in [0.29, 0.717) is 19.3 Å². The van der Waals surface area contributed by atoms with Gasteiger partial charge < -0.3 is 24.4 Å². The van der Waals surface area contributed by atoms with Crippen LogP contribution in [0, 0.1) is 0 Å². The lowest BCUT2D eigenvalue weighted by Crippen LogP contribution is -2.29. The summed E-state index contributed by atoms with van der Waals surface area (Å²) in [7, 11) is -4.80. The fraction of sp³-hybridized carbons (Fsp3) is 0.622. The summed E-state index contributed by atoms with van der Waals surface area (Å²) in [5.41, 5.74) is 0. The summed E-state index contributed by atoms with van der Waals surface area (Å²) in [4.78, 5) is 42.6. The molecule has 0 aromatic rings. The molecule has 0 aliphatic rings. The fourth-order valence-electron chi connectivity index (χ4n) is 4.20. The van der Waals surface area contributed by atoms with E-state index >= 15 is 0 Å². The van der Waals surface area contributed by atoms with Crippen molar-refractivity contribution in [1.82, 2.24) is 0 Å². The zero-order valence-corrected chi connectivity index (χ0v) is 29.7. The molecule has 2 atom stereocenters. The molecule has 0 amide bonds. The molecule has 0 aromatic carbocycles. The summed E-state index contributed by atoms with van der Waals surface area (Å²) >= 11 is 0. The summed E-state index contributed by atoms with van der Waals surface area (Å²) in [6, 6.07) is 0. The predicted molar refractivity (Wildman–Crippen MR) is 190 cm³/mol. The number of hydrogen-bond acceptors (Lipinski definition) is 7. The van der Waals surface area contributed by atoms with E-state index in [-0.39, 0.29) is 19.4 Å². The van der Waals surface area contributed by atoms with Crippen LogP contribution in [0.4, 0.5) is 0 Å². The molecule has 268 valence electrons. The average molecular weight is 681 g/mol. The lowest BCUT2D eigenvalue weighted by atomic mass is 10.1. The van der Waals surface area contributed by atoms with Crippen molar-refractivity contribution in [2.24, 2.45) is 0 Å². The Morgan fingerprint density at radius 2 is 1.28 bits per heavy atom. The van der Waals surface area contributed by atoms with E-state index < -0.39 is 38.6 Å². The highest BCUT2D eigenvalue weighted by molar-refractivity contribution is 7.46. The molecule has 10 heteroatoms. The largest absolute Gasteiger partial charge is 0.469 e. The van der Waals surface area contributed by atoms with E-state index in [2.05, 4.69) is 67.0 Å². The minimum Gasteiger partial charge on any atom is -0.462 e. The van der Waals surface area contributed by atoms with E-state index in [9.17, 15) is 19.3 Å². The van der Waals surface area contributed by atoms with Gasteiger partial charge in [-0.05, 0) is 64.2 Å². The molecule has 3 N–H and O–H groups in total. The predicted octanol–water partition coefficient (Wildman–Crippen LogP) is 8.92. The number of ether oxygens (including phenoxy) is 2. The van der Waals surface area contributed by atoms with Crippen LogP contribution in [0.3, 0.4) is 0 Å². The van der Waals surface area contributed by atoms with Crippen molar-refractivity contribution in [1.29, 1.82) is 0 Å². The van der Waals surface area contributed by atoms with E-state index in [4.69, 9.17) is 19.3 Å². The summed E-state index contributed by atoms with van der Waals surface area (Å²) in [6.07, 6.45) is 36.6. The number of hydrogen-bond donors (Lipinski definition) is 3. The van der Waals surface area contributed by atoms with Gasteiger partial charge in [-0.1, -0.05) is 119 Å². The zero-order chi connectivity index (χ0) is 34.9. The van der Waals surface area contributed by atoms with Gasteiger partial charge in [0.15, 0.2) is 6.10 Å². The number of carbonyl (C=O) groups is 2. The number of carbonyl (C=O) groups excluding carboxylic acids is 2. The molecule has 0 saturated carbocycles. The van der Waals surface area contributed by atoms with Gasteiger partial charge >= 0.3 is 19.8 Å². The summed E-state index contributed by atoms with van der Waals surface area (Å²) in [5.74, 6) is -1.11. The Labute approximate surface area is 283 Å². The Morgan fingerprint density at radius 3 is 1.94 bits per heavy atom. The smallest absolute Gasteiger partial charge is 0.462 e. The molecular formula is C37H61O9P. The number of rotatable bonds is 30. The van der Waals surface area contributed by atoms with Crippen LogP contribution in [0.5, 0.6) is 0 Å². The van der Waals surface area contributed by atoms with Crippen LogP contribution in [-0.4, -0.2) is 52.3 Å². The van der Waals surface area contributed by atoms with Crippen molar-refractivity contribution in [3.63, 3.8) is 0 Å². The van der Waals surface area contributed by atoms with Crippen LogP contribution in [0.25, 0.3) is 0 Å². The van der Waals surface area contributed by atoms with Gasteiger partial charge in [0.25, 0.3) is 0 Å². The van der Waals surface area contributed by atoms with Gasteiger partial charge in [-0.25, -0.2) is 4.57 Å². The van der Waals surface area contributed by atoms with Crippen molar-refractivity contribution in [3.8, 4) is 0 Å². The minimum absolute atomic E-state index is 0.0312. The molecular weight excluding hydrogens is 619 g/mol. The Morgan fingerprint density at radius 1 is 0.681 bits per heavy atom. The summed E-state index contributed by atoms with van der Waals surface area (Å²) in [6.45, 7) is 3.31. The number of esters is 2. The maximum atomic E-state index is 12.3. The topological polar surface area (TPSA) is 140 Å². The number of phosphoric acid groups is 1. The molecule has 1 unspecified atom stereocenters. The van der Waals surface area contributed by atoms with Crippen LogP contribution in [0.1, 0.15) is 123 Å². The highest BCUT2D eigenvalue weighted by Gasteiger charge is 2.23. The quantitative estimate of drug-likeness (QED) is 0.0223.